The molecule has 1 aromatic rings. The Hall–Kier alpha value is -2.89. The molecule has 0 saturated heterocycles. The van der Waals surface area contributed by atoms with E-state index >= 15 is 0 Å². The van der Waals surface area contributed by atoms with Crippen molar-refractivity contribution in [2.75, 3.05) is 7.11 Å². The first-order chi connectivity index (χ1) is 11.8. The molecule has 6 nitrogen and oxygen atoms in total. The van der Waals surface area contributed by atoms with Gasteiger partial charge in [0.15, 0.2) is 29.0 Å². The Morgan fingerprint density at radius 2 is 2.00 bits per heavy atom. The summed E-state index contributed by atoms with van der Waals surface area (Å²) in [6, 6.07) is 5.24. The van der Waals surface area contributed by atoms with Crippen LogP contribution in [-0.4, -0.2) is 30.7 Å². The molecule has 0 N–H and O–H groups in total. The third-order valence-corrected chi connectivity index (χ3v) is 3.42. The number of rotatable bonds is 6. The van der Waals surface area contributed by atoms with Crippen molar-refractivity contribution >= 4 is 23.6 Å². The van der Waals surface area contributed by atoms with E-state index in [0.717, 1.165) is 6.08 Å². The number of esters is 1. The molecule has 0 amide bonds. The van der Waals surface area contributed by atoms with Crippen LogP contribution in [0.15, 0.2) is 36.1 Å². The molecule has 0 bridgehead atoms. The first-order valence-electron chi connectivity index (χ1n) is 7.83. The molecule has 6 heteroatoms. The van der Waals surface area contributed by atoms with E-state index in [0.29, 0.717) is 17.1 Å². The lowest BCUT2D eigenvalue weighted by atomic mass is 9.96. The standard InChI is InChI=1S/C19H20O6/c1-11(2)24-18-13(6-5-7-16(18)23-4)8-9-14(20)17-15(21)10-12(3)25-19(17)22/h5-11,17H,1-4H3/b9-8+/t17-/m1/s1. The molecule has 132 valence electrons. The largest absolute Gasteiger partial charge is 0.493 e. The quantitative estimate of drug-likeness (QED) is 0.448. The van der Waals surface area contributed by atoms with Gasteiger partial charge in [-0.05, 0) is 39.0 Å². The highest BCUT2D eigenvalue weighted by Gasteiger charge is 2.36. The maximum atomic E-state index is 12.3. The molecule has 0 fully saturated rings. The first kappa shape index (κ1) is 18.4. The summed E-state index contributed by atoms with van der Waals surface area (Å²) in [7, 11) is 1.52. The highest BCUT2D eigenvalue weighted by atomic mass is 16.5. The topological polar surface area (TPSA) is 78.9 Å². The van der Waals surface area contributed by atoms with Crippen LogP contribution < -0.4 is 9.47 Å². The molecule has 0 aromatic heterocycles. The van der Waals surface area contributed by atoms with Gasteiger partial charge in [-0.2, -0.15) is 0 Å². The van der Waals surface area contributed by atoms with Crippen molar-refractivity contribution < 1.29 is 28.6 Å². The fourth-order valence-corrected chi connectivity index (χ4v) is 2.36. The second-order valence-electron chi connectivity index (χ2n) is 5.79. The lowest BCUT2D eigenvalue weighted by Gasteiger charge is -2.17. The lowest BCUT2D eigenvalue weighted by Crippen LogP contribution is -2.34. The number of hydrogen-bond donors (Lipinski definition) is 0. The van der Waals surface area contributed by atoms with Gasteiger partial charge in [-0.25, -0.2) is 0 Å². The molecule has 0 saturated carbocycles. The lowest BCUT2D eigenvalue weighted by molar-refractivity contribution is -0.151. The van der Waals surface area contributed by atoms with Gasteiger partial charge in [0.2, 0.25) is 0 Å². The van der Waals surface area contributed by atoms with Crippen LogP contribution in [0.5, 0.6) is 11.5 Å². The summed E-state index contributed by atoms with van der Waals surface area (Å²) in [4.78, 5) is 36.0. The van der Waals surface area contributed by atoms with Gasteiger partial charge in [-0.1, -0.05) is 12.1 Å². The summed E-state index contributed by atoms with van der Waals surface area (Å²) in [5.41, 5.74) is 0.602. The minimum atomic E-state index is -1.46. The Labute approximate surface area is 146 Å². The van der Waals surface area contributed by atoms with Gasteiger partial charge >= 0.3 is 5.97 Å². The zero-order valence-electron chi connectivity index (χ0n) is 14.6. The number of hydrogen-bond acceptors (Lipinski definition) is 6. The number of carbonyl (C=O) groups is 3. The van der Waals surface area contributed by atoms with E-state index in [4.69, 9.17) is 14.2 Å². The van der Waals surface area contributed by atoms with Crippen molar-refractivity contribution in [1.29, 1.82) is 0 Å². The maximum absolute atomic E-state index is 12.3. The molecular formula is C19H20O6. The van der Waals surface area contributed by atoms with Crippen LogP contribution in [0.2, 0.25) is 0 Å². The van der Waals surface area contributed by atoms with Crippen molar-refractivity contribution in [3.05, 3.63) is 41.7 Å². The minimum absolute atomic E-state index is 0.0952. The predicted molar refractivity (Wildman–Crippen MR) is 91.1 cm³/mol. The van der Waals surface area contributed by atoms with E-state index in [1.54, 1.807) is 18.2 Å². The highest BCUT2D eigenvalue weighted by Crippen LogP contribution is 2.33. The number of cyclic esters (lactones) is 1. The van der Waals surface area contributed by atoms with Gasteiger partial charge in [0.1, 0.15) is 5.76 Å². The van der Waals surface area contributed by atoms with E-state index in [1.165, 1.54) is 26.2 Å². The van der Waals surface area contributed by atoms with Gasteiger partial charge < -0.3 is 14.2 Å². The Balaban J connectivity index is 2.28. The van der Waals surface area contributed by atoms with Crippen LogP contribution in [0.1, 0.15) is 26.3 Å². The van der Waals surface area contributed by atoms with E-state index in [1.807, 2.05) is 13.8 Å². The SMILES string of the molecule is COc1cccc(/C=C/C(=O)[C@@H]2C(=O)C=C(C)OC2=O)c1OC(C)C. The molecule has 0 radical (unpaired) electrons. The average molecular weight is 344 g/mol. The number of methoxy groups -OCH3 is 1. The van der Waals surface area contributed by atoms with E-state index in [-0.39, 0.29) is 11.9 Å². The third-order valence-electron chi connectivity index (χ3n) is 3.42. The Kier molecular flexibility index (Phi) is 5.75. The van der Waals surface area contributed by atoms with Crippen molar-refractivity contribution in [3.63, 3.8) is 0 Å². The fraction of sp³-hybridized carbons (Fsp3) is 0.316. The molecule has 25 heavy (non-hydrogen) atoms. The van der Waals surface area contributed by atoms with Crippen LogP contribution in [0.4, 0.5) is 0 Å². The summed E-state index contributed by atoms with van der Waals surface area (Å²) in [5, 5.41) is 0. The normalized spacial score (nSPS) is 17.5. The molecule has 0 aliphatic carbocycles. The van der Waals surface area contributed by atoms with Crippen LogP contribution in [0, 0.1) is 5.92 Å². The second-order valence-corrected chi connectivity index (χ2v) is 5.79. The van der Waals surface area contributed by atoms with Crippen LogP contribution >= 0.6 is 0 Å². The van der Waals surface area contributed by atoms with Crippen LogP contribution in [0.3, 0.4) is 0 Å². The van der Waals surface area contributed by atoms with Crippen molar-refractivity contribution in [2.45, 2.75) is 26.9 Å². The number of para-hydroxylation sites is 1. The van der Waals surface area contributed by atoms with Crippen LogP contribution in [0.25, 0.3) is 6.08 Å². The number of ether oxygens (including phenoxy) is 3. The molecule has 0 unspecified atom stereocenters. The number of ketones is 2. The van der Waals surface area contributed by atoms with Gasteiger partial charge in [0.25, 0.3) is 0 Å². The van der Waals surface area contributed by atoms with Crippen LogP contribution in [-0.2, 0) is 19.1 Å². The molecule has 1 atom stereocenters. The molecule has 2 rings (SSSR count). The van der Waals surface area contributed by atoms with E-state index in [9.17, 15) is 14.4 Å². The maximum Gasteiger partial charge on any atom is 0.329 e. The Morgan fingerprint density at radius 1 is 1.28 bits per heavy atom. The van der Waals surface area contributed by atoms with Gasteiger partial charge in [-0.3, -0.25) is 14.4 Å². The van der Waals surface area contributed by atoms with Crippen molar-refractivity contribution in [1.82, 2.24) is 0 Å². The smallest absolute Gasteiger partial charge is 0.329 e. The van der Waals surface area contributed by atoms with Gasteiger partial charge in [0, 0.05) is 11.6 Å². The fourth-order valence-electron chi connectivity index (χ4n) is 2.36. The number of carbonyl (C=O) groups excluding carboxylic acids is 3. The van der Waals surface area contributed by atoms with Crippen molar-refractivity contribution in [2.24, 2.45) is 5.92 Å². The molecule has 0 spiro atoms. The summed E-state index contributed by atoms with van der Waals surface area (Å²) >= 11 is 0. The monoisotopic (exact) mass is 344 g/mol. The van der Waals surface area contributed by atoms with Gasteiger partial charge in [-0.15, -0.1) is 0 Å². The van der Waals surface area contributed by atoms with Crippen molar-refractivity contribution in [3.8, 4) is 11.5 Å². The summed E-state index contributed by atoms with van der Waals surface area (Å²) in [6.45, 7) is 5.23. The number of allylic oxidation sites excluding steroid dienone is 3. The Bertz CT molecular complexity index is 757. The molecular weight excluding hydrogens is 324 g/mol. The molecule has 1 aliphatic heterocycles. The highest BCUT2D eigenvalue weighted by molar-refractivity contribution is 6.25. The zero-order valence-corrected chi connectivity index (χ0v) is 14.6. The molecule has 1 aliphatic rings. The summed E-state index contributed by atoms with van der Waals surface area (Å²) in [6.07, 6.45) is 3.73. The van der Waals surface area contributed by atoms with Gasteiger partial charge in [0.05, 0.1) is 13.2 Å². The first-order valence-corrected chi connectivity index (χ1v) is 7.83. The molecule has 1 aromatic carbocycles. The second kappa shape index (κ2) is 7.79. The Morgan fingerprint density at radius 3 is 2.60 bits per heavy atom. The summed E-state index contributed by atoms with van der Waals surface area (Å²) < 4.78 is 15.9. The predicted octanol–water partition coefficient (Wildman–Crippen LogP) is 2.71. The van der Waals surface area contributed by atoms with E-state index < -0.39 is 23.5 Å². The average Bonchev–Trinajstić information content (AvgIpc) is 2.52. The van der Waals surface area contributed by atoms with E-state index in [2.05, 4.69) is 0 Å². The number of benzene rings is 1. The molecule has 1 heterocycles. The third kappa shape index (κ3) is 4.35. The summed E-state index contributed by atoms with van der Waals surface area (Å²) in [5.74, 6) is -2.34. The minimum Gasteiger partial charge on any atom is -0.493 e. The zero-order chi connectivity index (χ0) is 18.6.